The summed E-state index contributed by atoms with van der Waals surface area (Å²) in [6.07, 6.45) is 1.39. The van der Waals surface area contributed by atoms with Crippen LogP contribution in [0.5, 0.6) is 5.75 Å². The minimum absolute atomic E-state index is 0.260. The van der Waals surface area contributed by atoms with E-state index in [9.17, 15) is 5.11 Å². The fraction of sp³-hybridized carbons (Fsp3) is 0.500. The molecule has 0 unspecified atom stereocenters. The zero-order valence-electron chi connectivity index (χ0n) is 9.38. The summed E-state index contributed by atoms with van der Waals surface area (Å²) in [7, 11) is 0. The van der Waals surface area contributed by atoms with Gasteiger partial charge in [0.25, 0.3) is 0 Å². The topological polar surface area (TPSA) is 41.5 Å². The minimum Gasteiger partial charge on any atom is -0.489 e. The van der Waals surface area contributed by atoms with Crippen molar-refractivity contribution in [3.63, 3.8) is 0 Å². The first-order valence-corrected chi connectivity index (χ1v) is 6.36. The zero-order chi connectivity index (χ0) is 12.3. The van der Waals surface area contributed by atoms with E-state index in [4.69, 9.17) is 27.9 Å². The molecule has 5 heteroatoms. The Labute approximate surface area is 111 Å². The molecule has 2 N–H and O–H groups in total. The highest BCUT2D eigenvalue weighted by molar-refractivity contribution is 6.35. The van der Waals surface area contributed by atoms with Crippen LogP contribution < -0.4 is 10.1 Å². The minimum atomic E-state index is -0.756. The summed E-state index contributed by atoms with van der Waals surface area (Å²) in [4.78, 5) is 0. The maximum Gasteiger partial charge on any atom is 0.138 e. The van der Waals surface area contributed by atoms with Gasteiger partial charge in [0.2, 0.25) is 0 Å². The molecule has 0 aromatic heterocycles. The van der Waals surface area contributed by atoms with Gasteiger partial charge in [0.15, 0.2) is 0 Å². The SMILES string of the molecule is OC1(COc2ccc(Cl)cc2Cl)CCNCC1. The van der Waals surface area contributed by atoms with Crippen molar-refractivity contribution in [1.82, 2.24) is 5.32 Å². The van der Waals surface area contributed by atoms with Gasteiger partial charge in [-0.15, -0.1) is 0 Å². The number of halogens is 2. The molecular weight excluding hydrogens is 261 g/mol. The van der Waals surface area contributed by atoms with Crippen LogP contribution in [0.2, 0.25) is 10.0 Å². The van der Waals surface area contributed by atoms with Crippen LogP contribution >= 0.6 is 23.2 Å². The van der Waals surface area contributed by atoms with Crippen LogP contribution in [0.1, 0.15) is 12.8 Å². The highest BCUT2D eigenvalue weighted by Gasteiger charge is 2.30. The Morgan fingerprint density at radius 3 is 2.65 bits per heavy atom. The lowest BCUT2D eigenvalue weighted by Crippen LogP contribution is -2.45. The van der Waals surface area contributed by atoms with E-state index < -0.39 is 5.60 Å². The largest absolute Gasteiger partial charge is 0.489 e. The molecule has 0 radical (unpaired) electrons. The number of benzene rings is 1. The summed E-state index contributed by atoms with van der Waals surface area (Å²) >= 11 is 11.8. The summed E-state index contributed by atoms with van der Waals surface area (Å²) in [6, 6.07) is 5.06. The van der Waals surface area contributed by atoms with Gasteiger partial charge in [0.05, 0.1) is 5.02 Å². The predicted octanol–water partition coefficient (Wildman–Crippen LogP) is 2.49. The van der Waals surface area contributed by atoms with Gasteiger partial charge in [-0.25, -0.2) is 0 Å². The average Bonchev–Trinajstić information content (AvgIpc) is 2.29. The van der Waals surface area contributed by atoms with Gasteiger partial charge in [-0.1, -0.05) is 23.2 Å². The molecule has 0 amide bonds. The van der Waals surface area contributed by atoms with E-state index in [2.05, 4.69) is 5.32 Å². The van der Waals surface area contributed by atoms with Crippen molar-refractivity contribution in [3.05, 3.63) is 28.2 Å². The Bertz CT molecular complexity index is 392. The van der Waals surface area contributed by atoms with Crippen LogP contribution in [0.25, 0.3) is 0 Å². The van der Waals surface area contributed by atoms with Gasteiger partial charge in [-0.2, -0.15) is 0 Å². The summed E-state index contributed by atoms with van der Waals surface area (Å²) in [5.74, 6) is 0.558. The fourth-order valence-electron chi connectivity index (χ4n) is 1.84. The molecule has 0 aliphatic carbocycles. The van der Waals surface area contributed by atoms with Crippen molar-refractivity contribution >= 4 is 23.2 Å². The molecule has 0 saturated carbocycles. The van der Waals surface area contributed by atoms with Gasteiger partial charge >= 0.3 is 0 Å². The highest BCUT2D eigenvalue weighted by Crippen LogP contribution is 2.29. The van der Waals surface area contributed by atoms with Gasteiger partial charge in [-0.3, -0.25) is 0 Å². The van der Waals surface area contributed by atoms with Crippen molar-refractivity contribution in [2.75, 3.05) is 19.7 Å². The molecule has 1 aromatic rings. The first-order valence-electron chi connectivity index (χ1n) is 5.60. The lowest BCUT2D eigenvalue weighted by Gasteiger charge is -2.32. The molecular formula is C12H15Cl2NO2. The van der Waals surface area contributed by atoms with E-state index in [-0.39, 0.29) is 6.61 Å². The Hall–Kier alpha value is -0.480. The number of hydrogen-bond acceptors (Lipinski definition) is 3. The molecule has 2 rings (SSSR count). The van der Waals surface area contributed by atoms with Gasteiger partial charge in [0.1, 0.15) is 18.0 Å². The lowest BCUT2D eigenvalue weighted by molar-refractivity contribution is -0.0285. The maximum atomic E-state index is 10.2. The molecule has 1 saturated heterocycles. The second-order valence-corrected chi connectivity index (χ2v) is 5.18. The van der Waals surface area contributed by atoms with Gasteiger partial charge in [0, 0.05) is 5.02 Å². The van der Waals surface area contributed by atoms with Crippen LogP contribution in [-0.4, -0.2) is 30.4 Å². The molecule has 3 nitrogen and oxygen atoms in total. The molecule has 0 bridgehead atoms. The molecule has 0 atom stereocenters. The normalized spacial score (nSPS) is 19.0. The zero-order valence-corrected chi connectivity index (χ0v) is 10.9. The Kier molecular flexibility index (Phi) is 4.15. The smallest absolute Gasteiger partial charge is 0.138 e. The second kappa shape index (κ2) is 5.44. The van der Waals surface area contributed by atoms with Crippen LogP contribution in [0.3, 0.4) is 0 Å². The predicted molar refractivity (Wildman–Crippen MR) is 69.0 cm³/mol. The molecule has 1 aromatic carbocycles. The summed E-state index contributed by atoms with van der Waals surface area (Å²) in [5, 5.41) is 14.5. The van der Waals surface area contributed by atoms with Crippen molar-refractivity contribution < 1.29 is 9.84 Å². The highest BCUT2D eigenvalue weighted by atomic mass is 35.5. The van der Waals surface area contributed by atoms with Gasteiger partial charge < -0.3 is 15.2 Å². The molecule has 1 aliphatic heterocycles. The number of piperidine rings is 1. The van der Waals surface area contributed by atoms with Crippen LogP contribution in [0.4, 0.5) is 0 Å². The maximum absolute atomic E-state index is 10.2. The van der Waals surface area contributed by atoms with Crippen LogP contribution in [0.15, 0.2) is 18.2 Å². The lowest BCUT2D eigenvalue weighted by atomic mass is 9.94. The first-order chi connectivity index (χ1) is 8.09. The second-order valence-electron chi connectivity index (χ2n) is 4.34. The van der Waals surface area contributed by atoms with Crippen molar-refractivity contribution in [2.45, 2.75) is 18.4 Å². The number of nitrogens with one attached hydrogen (secondary N) is 1. The van der Waals surface area contributed by atoms with E-state index in [0.717, 1.165) is 13.1 Å². The van der Waals surface area contributed by atoms with Crippen LogP contribution in [-0.2, 0) is 0 Å². The van der Waals surface area contributed by atoms with Gasteiger partial charge in [-0.05, 0) is 44.1 Å². The third-order valence-electron chi connectivity index (χ3n) is 2.92. The first kappa shape index (κ1) is 13.0. The summed E-state index contributed by atoms with van der Waals surface area (Å²) < 4.78 is 5.57. The van der Waals surface area contributed by atoms with E-state index in [0.29, 0.717) is 28.6 Å². The van der Waals surface area contributed by atoms with Crippen molar-refractivity contribution in [2.24, 2.45) is 0 Å². The number of ether oxygens (including phenoxy) is 1. The molecule has 94 valence electrons. The summed E-state index contributed by atoms with van der Waals surface area (Å²) in [5.41, 5.74) is -0.756. The Morgan fingerprint density at radius 2 is 2.00 bits per heavy atom. The van der Waals surface area contributed by atoms with E-state index in [1.807, 2.05) is 0 Å². The molecule has 0 spiro atoms. The Balaban J connectivity index is 1.97. The third-order valence-corrected chi connectivity index (χ3v) is 3.46. The Morgan fingerprint density at radius 1 is 1.29 bits per heavy atom. The third kappa shape index (κ3) is 3.49. The average molecular weight is 276 g/mol. The molecule has 17 heavy (non-hydrogen) atoms. The monoisotopic (exact) mass is 275 g/mol. The van der Waals surface area contributed by atoms with E-state index in [1.54, 1.807) is 18.2 Å². The molecule has 1 aliphatic rings. The van der Waals surface area contributed by atoms with E-state index >= 15 is 0 Å². The number of hydrogen-bond donors (Lipinski definition) is 2. The van der Waals surface area contributed by atoms with Crippen molar-refractivity contribution in [1.29, 1.82) is 0 Å². The number of aliphatic hydroxyl groups is 1. The fourth-order valence-corrected chi connectivity index (χ4v) is 2.30. The number of rotatable bonds is 3. The quantitative estimate of drug-likeness (QED) is 0.891. The molecule has 1 fully saturated rings. The summed E-state index contributed by atoms with van der Waals surface area (Å²) in [6.45, 7) is 1.89. The van der Waals surface area contributed by atoms with Crippen molar-refractivity contribution in [3.8, 4) is 5.75 Å². The van der Waals surface area contributed by atoms with E-state index in [1.165, 1.54) is 0 Å². The standard InChI is InChI=1S/C12H15Cl2NO2/c13-9-1-2-11(10(14)7-9)17-8-12(16)3-5-15-6-4-12/h1-2,7,15-16H,3-6,8H2. The molecule has 1 heterocycles. The van der Waals surface area contributed by atoms with Crippen LogP contribution in [0, 0.1) is 0 Å².